The van der Waals surface area contributed by atoms with Crippen molar-refractivity contribution in [2.75, 3.05) is 19.0 Å². The van der Waals surface area contributed by atoms with E-state index in [9.17, 15) is 4.79 Å². The summed E-state index contributed by atoms with van der Waals surface area (Å²) in [6.45, 7) is 5.45. The molecule has 35 heavy (non-hydrogen) atoms. The number of pyridine rings is 1. The molecule has 7 heteroatoms. The molecule has 0 spiro atoms. The minimum atomic E-state index is -0.119. The molecule has 0 radical (unpaired) electrons. The number of methoxy groups -OCH3 is 1. The highest BCUT2D eigenvalue weighted by Gasteiger charge is 2.15. The van der Waals surface area contributed by atoms with E-state index < -0.39 is 0 Å². The first-order chi connectivity index (χ1) is 16.9. The van der Waals surface area contributed by atoms with Gasteiger partial charge in [0, 0.05) is 23.3 Å². The molecule has 0 aliphatic carbocycles. The van der Waals surface area contributed by atoms with Crippen molar-refractivity contribution in [3.8, 4) is 11.5 Å². The lowest BCUT2D eigenvalue weighted by Gasteiger charge is -2.26. The molecule has 0 fully saturated rings. The summed E-state index contributed by atoms with van der Waals surface area (Å²) in [5, 5.41) is 4.81. The number of benzene rings is 3. The summed E-state index contributed by atoms with van der Waals surface area (Å²) in [5.74, 6) is 1.59. The third-order valence-corrected chi connectivity index (χ3v) is 6.04. The summed E-state index contributed by atoms with van der Waals surface area (Å²) in [6.07, 6.45) is 0. The molecule has 4 aromatic rings. The van der Waals surface area contributed by atoms with Gasteiger partial charge < -0.3 is 24.7 Å². The maximum absolute atomic E-state index is 12.9. The molecule has 0 atom stereocenters. The van der Waals surface area contributed by atoms with E-state index in [2.05, 4.69) is 10.3 Å². The lowest BCUT2D eigenvalue weighted by atomic mass is 10.1. The number of H-pyrrole nitrogens is 1. The van der Waals surface area contributed by atoms with Crippen LogP contribution in [0.15, 0.2) is 77.6 Å². The number of aromatic nitrogens is 1. The lowest BCUT2D eigenvalue weighted by molar-refractivity contribution is 0.340. The number of aryl methyl sites for hydroxylation is 1. The molecule has 0 unspecified atom stereocenters. The van der Waals surface area contributed by atoms with Gasteiger partial charge in [-0.15, -0.1) is 0 Å². The van der Waals surface area contributed by atoms with Gasteiger partial charge in [-0.3, -0.25) is 4.79 Å². The standard InChI is InChI=1S/C28H29N3O3S/c1-4-34-25-13-9-23(10-14-25)29-28(35)31(17-20-6-11-24(33-3)12-7-20)18-22-16-21-8-5-19(2)15-26(21)30-27(22)32/h5-16H,4,17-18H2,1-3H3,(H,29,35)(H,30,32). The van der Waals surface area contributed by atoms with Crippen molar-refractivity contribution in [3.05, 3.63) is 99.8 Å². The van der Waals surface area contributed by atoms with Crippen LogP contribution in [0, 0.1) is 6.92 Å². The first-order valence-electron chi connectivity index (χ1n) is 11.5. The summed E-state index contributed by atoms with van der Waals surface area (Å²) >= 11 is 5.79. The van der Waals surface area contributed by atoms with Crippen LogP contribution >= 0.6 is 12.2 Å². The molecule has 0 amide bonds. The molecule has 6 nitrogen and oxygen atoms in total. The van der Waals surface area contributed by atoms with Gasteiger partial charge in [0.15, 0.2) is 5.11 Å². The molecule has 2 N–H and O–H groups in total. The Hall–Kier alpha value is -3.84. The van der Waals surface area contributed by atoms with Crippen molar-refractivity contribution in [2.24, 2.45) is 0 Å². The lowest BCUT2D eigenvalue weighted by Crippen LogP contribution is -2.35. The van der Waals surface area contributed by atoms with Gasteiger partial charge in [0.25, 0.3) is 5.56 Å². The molecule has 4 rings (SSSR count). The van der Waals surface area contributed by atoms with Crippen molar-refractivity contribution < 1.29 is 9.47 Å². The van der Waals surface area contributed by atoms with E-state index in [1.807, 2.05) is 91.5 Å². The largest absolute Gasteiger partial charge is 0.497 e. The van der Waals surface area contributed by atoms with Gasteiger partial charge in [-0.2, -0.15) is 0 Å². The maximum atomic E-state index is 12.9. The van der Waals surface area contributed by atoms with Crippen LogP contribution in [0.2, 0.25) is 0 Å². The van der Waals surface area contributed by atoms with Crippen LogP contribution in [0.25, 0.3) is 10.9 Å². The van der Waals surface area contributed by atoms with E-state index >= 15 is 0 Å². The van der Waals surface area contributed by atoms with Crippen LogP contribution < -0.4 is 20.3 Å². The Morgan fingerprint density at radius 2 is 1.69 bits per heavy atom. The zero-order valence-electron chi connectivity index (χ0n) is 20.1. The van der Waals surface area contributed by atoms with E-state index in [-0.39, 0.29) is 5.56 Å². The van der Waals surface area contributed by atoms with Crippen LogP contribution in [-0.4, -0.2) is 28.7 Å². The molecule has 3 aromatic carbocycles. The topological polar surface area (TPSA) is 66.6 Å². The zero-order valence-corrected chi connectivity index (χ0v) is 20.9. The Bertz CT molecular complexity index is 1370. The number of hydrogen-bond acceptors (Lipinski definition) is 4. The number of rotatable bonds is 8. The molecule has 0 saturated carbocycles. The number of thiocarbonyl (C=S) groups is 1. The second-order valence-electron chi connectivity index (χ2n) is 8.31. The van der Waals surface area contributed by atoms with Crippen molar-refractivity contribution >= 4 is 33.9 Å². The summed E-state index contributed by atoms with van der Waals surface area (Å²) in [7, 11) is 1.64. The first-order valence-corrected chi connectivity index (χ1v) is 11.9. The average Bonchev–Trinajstić information content (AvgIpc) is 2.86. The Labute approximate surface area is 210 Å². The molecule has 1 aromatic heterocycles. The van der Waals surface area contributed by atoms with Gasteiger partial charge in [-0.25, -0.2) is 0 Å². The van der Waals surface area contributed by atoms with Crippen molar-refractivity contribution in [1.29, 1.82) is 0 Å². The van der Waals surface area contributed by atoms with Crippen LogP contribution in [0.3, 0.4) is 0 Å². The Morgan fingerprint density at radius 1 is 0.971 bits per heavy atom. The molecule has 0 saturated heterocycles. The monoisotopic (exact) mass is 487 g/mol. The normalized spacial score (nSPS) is 10.7. The number of nitrogens with zero attached hydrogens (tertiary/aromatic N) is 1. The molecule has 1 heterocycles. The number of fused-ring (bicyclic) bond motifs is 1. The molecule has 180 valence electrons. The Morgan fingerprint density at radius 3 is 2.37 bits per heavy atom. The number of ether oxygens (including phenoxy) is 2. The van der Waals surface area contributed by atoms with Crippen LogP contribution in [0.1, 0.15) is 23.6 Å². The summed E-state index contributed by atoms with van der Waals surface area (Å²) < 4.78 is 10.8. The van der Waals surface area contributed by atoms with Gasteiger partial charge >= 0.3 is 0 Å². The van der Waals surface area contributed by atoms with Crippen molar-refractivity contribution in [2.45, 2.75) is 26.9 Å². The highest BCUT2D eigenvalue weighted by molar-refractivity contribution is 7.80. The fourth-order valence-corrected chi connectivity index (χ4v) is 4.08. The third-order valence-electron chi connectivity index (χ3n) is 5.68. The van der Waals surface area contributed by atoms with Crippen LogP contribution in [0.5, 0.6) is 11.5 Å². The number of hydrogen-bond donors (Lipinski definition) is 2. The molecule has 0 aliphatic heterocycles. The molecule has 0 aliphatic rings. The van der Waals surface area contributed by atoms with E-state index in [1.165, 1.54) is 0 Å². The zero-order chi connectivity index (χ0) is 24.8. The second kappa shape index (κ2) is 11.1. The second-order valence-corrected chi connectivity index (χ2v) is 8.69. The third kappa shape index (κ3) is 6.19. The quantitative estimate of drug-likeness (QED) is 0.314. The van der Waals surface area contributed by atoms with Crippen molar-refractivity contribution in [3.63, 3.8) is 0 Å². The average molecular weight is 488 g/mol. The predicted octanol–water partition coefficient (Wildman–Crippen LogP) is 5.64. The SMILES string of the molecule is CCOc1ccc(NC(=S)N(Cc2ccc(OC)cc2)Cc2cc3ccc(C)cc3[nH]c2=O)cc1. The van der Waals surface area contributed by atoms with Gasteiger partial charge in [-0.1, -0.05) is 24.3 Å². The van der Waals surface area contributed by atoms with E-state index in [0.717, 1.165) is 39.2 Å². The van der Waals surface area contributed by atoms with E-state index in [0.29, 0.717) is 30.4 Å². The highest BCUT2D eigenvalue weighted by Crippen LogP contribution is 2.20. The smallest absolute Gasteiger partial charge is 0.253 e. The Kier molecular flexibility index (Phi) is 7.67. The number of anilines is 1. The maximum Gasteiger partial charge on any atom is 0.253 e. The summed E-state index contributed by atoms with van der Waals surface area (Å²) in [4.78, 5) is 17.9. The summed E-state index contributed by atoms with van der Waals surface area (Å²) in [6, 6.07) is 23.5. The van der Waals surface area contributed by atoms with Crippen molar-refractivity contribution in [1.82, 2.24) is 9.88 Å². The first kappa shape index (κ1) is 24.3. The van der Waals surface area contributed by atoms with E-state index in [4.69, 9.17) is 21.7 Å². The van der Waals surface area contributed by atoms with Gasteiger partial charge in [0.1, 0.15) is 11.5 Å². The summed E-state index contributed by atoms with van der Waals surface area (Å²) in [5.41, 5.74) is 4.35. The van der Waals surface area contributed by atoms with Crippen LogP contribution in [-0.2, 0) is 13.1 Å². The fraction of sp³-hybridized carbons (Fsp3) is 0.214. The fourth-order valence-electron chi connectivity index (χ4n) is 3.84. The Balaban J connectivity index is 1.60. The van der Waals surface area contributed by atoms with Crippen LogP contribution in [0.4, 0.5) is 5.69 Å². The van der Waals surface area contributed by atoms with Gasteiger partial charge in [0.2, 0.25) is 0 Å². The van der Waals surface area contributed by atoms with E-state index in [1.54, 1.807) is 7.11 Å². The molecular formula is C28H29N3O3S. The van der Waals surface area contributed by atoms with Gasteiger partial charge in [-0.05, 0) is 91.1 Å². The minimum absolute atomic E-state index is 0.119. The molecule has 0 bridgehead atoms. The number of nitrogens with one attached hydrogen (secondary N) is 2. The number of aromatic amines is 1. The van der Waals surface area contributed by atoms with Gasteiger partial charge in [0.05, 0.1) is 20.3 Å². The highest BCUT2D eigenvalue weighted by atomic mass is 32.1. The molecular weight excluding hydrogens is 458 g/mol. The minimum Gasteiger partial charge on any atom is -0.497 e. The predicted molar refractivity (Wildman–Crippen MR) is 145 cm³/mol.